The average molecular weight is 294 g/mol. The third-order valence-corrected chi connectivity index (χ3v) is 4.12. The molecule has 1 amide bonds. The lowest BCUT2D eigenvalue weighted by molar-refractivity contribution is -0.120. The van der Waals surface area contributed by atoms with Crippen LogP contribution in [0.1, 0.15) is 32.8 Å². The molecule has 0 spiro atoms. The smallest absolute Gasteiger partial charge is 0.233 e. The molecule has 0 aliphatic carbocycles. The van der Waals surface area contributed by atoms with Crippen molar-refractivity contribution >= 4 is 17.7 Å². The van der Waals surface area contributed by atoms with Gasteiger partial charge in [0.25, 0.3) is 0 Å². The predicted molar refractivity (Wildman–Crippen MR) is 87.0 cm³/mol. The molecule has 0 saturated heterocycles. The van der Waals surface area contributed by atoms with Gasteiger partial charge in [0, 0.05) is 18.0 Å². The number of benzene rings is 1. The fourth-order valence-corrected chi connectivity index (χ4v) is 2.67. The first kappa shape index (κ1) is 17.1. The highest BCUT2D eigenvalue weighted by atomic mass is 32.2. The topological polar surface area (TPSA) is 41.1 Å². The summed E-state index contributed by atoms with van der Waals surface area (Å²) in [5.41, 5.74) is 1.26. The monoisotopic (exact) mass is 294 g/mol. The third-order valence-electron chi connectivity index (χ3n) is 3.01. The van der Waals surface area contributed by atoms with Crippen LogP contribution in [-0.4, -0.2) is 24.7 Å². The van der Waals surface area contributed by atoms with Gasteiger partial charge in [-0.1, -0.05) is 26.0 Å². The standard InChI is InChI=1S/C16H26N2OS/c1-12(2)9-10-18-16(19)13(3)20-15-7-5-14(6-8-15)11-17-4/h5-8,12-13,17H,9-11H2,1-4H3,(H,18,19). The van der Waals surface area contributed by atoms with Crippen LogP contribution in [-0.2, 0) is 11.3 Å². The van der Waals surface area contributed by atoms with Crippen molar-refractivity contribution in [2.75, 3.05) is 13.6 Å². The van der Waals surface area contributed by atoms with Crippen LogP contribution in [0.25, 0.3) is 0 Å². The minimum atomic E-state index is -0.0580. The zero-order valence-corrected chi connectivity index (χ0v) is 13.7. The van der Waals surface area contributed by atoms with Crippen LogP contribution in [0.2, 0.25) is 0 Å². The minimum Gasteiger partial charge on any atom is -0.355 e. The number of thioether (sulfide) groups is 1. The van der Waals surface area contributed by atoms with Gasteiger partial charge in [0.05, 0.1) is 5.25 Å². The number of carbonyl (C=O) groups excluding carboxylic acids is 1. The van der Waals surface area contributed by atoms with Crippen molar-refractivity contribution in [1.82, 2.24) is 10.6 Å². The van der Waals surface area contributed by atoms with Crippen LogP contribution in [0.5, 0.6) is 0 Å². The highest BCUT2D eigenvalue weighted by Gasteiger charge is 2.13. The van der Waals surface area contributed by atoms with E-state index >= 15 is 0 Å². The first-order chi connectivity index (χ1) is 9.52. The van der Waals surface area contributed by atoms with Crippen molar-refractivity contribution in [2.45, 2.75) is 43.9 Å². The molecule has 1 aromatic rings. The summed E-state index contributed by atoms with van der Waals surface area (Å²) in [5.74, 6) is 0.743. The number of carbonyl (C=O) groups is 1. The van der Waals surface area contributed by atoms with E-state index in [1.54, 1.807) is 11.8 Å². The molecule has 0 radical (unpaired) electrons. The Bertz CT molecular complexity index is 403. The number of nitrogens with one attached hydrogen (secondary N) is 2. The van der Waals surface area contributed by atoms with Crippen LogP contribution in [0.3, 0.4) is 0 Å². The van der Waals surface area contributed by atoms with Gasteiger partial charge in [-0.05, 0) is 44.0 Å². The lowest BCUT2D eigenvalue weighted by atomic mass is 10.1. The Morgan fingerprint density at radius 1 is 1.20 bits per heavy atom. The maximum Gasteiger partial charge on any atom is 0.233 e. The van der Waals surface area contributed by atoms with E-state index in [1.165, 1.54) is 5.56 Å². The molecule has 0 aliphatic heterocycles. The molecule has 1 unspecified atom stereocenters. The normalized spacial score (nSPS) is 12.4. The summed E-state index contributed by atoms with van der Waals surface area (Å²) in [4.78, 5) is 13.1. The maximum atomic E-state index is 12.0. The van der Waals surface area contributed by atoms with Gasteiger partial charge in [-0.2, -0.15) is 0 Å². The molecule has 0 aliphatic rings. The second kappa shape index (κ2) is 9.03. The largest absolute Gasteiger partial charge is 0.355 e. The van der Waals surface area contributed by atoms with E-state index in [9.17, 15) is 4.79 Å². The fourth-order valence-electron chi connectivity index (χ4n) is 1.78. The number of hydrogen-bond acceptors (Lipinski definition) is 3. The SMILES string of the molecule is CNCc1ccc(SC(C)C(=O)NCCC(C)C)cc1. The summed E-state index contributed by atoms with van der Waals surface area (Å²) in [6.07, 6.45) is 1.03. The van der Waals surface area contributed by atoms with Gasteiger partial charge in [-0.3, -0.25) is 4.79 Å². The molecule has 1 rings (SSSR count). The third kappa shape index (κ3) is 6.44. The molecule has 112 valence electrons. The Labute approximate surface area is 126 Å². The zero-order chi connectivity index (χ0) is 15.0. The molecule has 0 bridgehead atoms. The van der Waals surface area contributed by atoms with Gasteiger partial charge in [0.1, 0.15) is 0 Å². The van der Waals surface area contributed by atoms with E-state index in [0.29, 0.717) is 5.92 Å². The lowest BCUT2D eigenvalue weighted by Gasteiger charge is -2.13. The maximum absolute atomic E-state index is 12.0. The van der Waals surface area contributed by atoms with Crippen molar-refractivity contribution in [3.8, 4) is 0 Å². The summed E-state index contributed by atoms with van der Waals surface area (Å²) in [6.45, 7) is 7.92. The second-order valence-electron chi connectivity index (χ2n) is 5.41. The quantitative estimate of drug-likeness (QED) is 0.724. The van der Waals surface area contributed by atoms with Gasteiger partial charge in [-0.15, -0.1) is 11.8 Å². The van der Waals surface area contributed by atoms with E-state index < -0.39 is 0 Å². The van der Waals surface area contributed by atoms with Crippen LogP contribution in [0.4, 0.5) is 0 Å². The lowest BCUT2D eigenvalue weighted by Crippen LogP contribution is -2.32. The van der Waals surface area contributed by atoms with Gasteiger partial charge < -0.3 is 10.6 Å². The highest BCUT2D eigenvalue weighted by Crippen LogP contribution is 2.23. The van der Waals surface area contributed by atoms with E-state index in [-0.39, 0.29) is 11.2 Å². The van der Waals surface area contributed by atoms with Crippen molar-refractivity contribution in [3.05, 3.63) is 29.8 Å². The molecule has 0 heterocycles. The van der Waals surface area contributed by atoms with Gasteiger partial charge in [-0.25, -0.2) is 0 Å². The highest BCUT2D eigenvalue weighted by molar-refractivity contribution is 8.00. The Morgan fingerprint density at radius 3 is 2.40 bits per heavy atom. The molecule has 1 aromatic carbocycles. The first-order valence-corrected chi connectivity index (χ1v) is 8.08. The van der Waals surface area contributed by atoms with Crippen molar-refractivity contribution in [2.24, 2.45) is 5.92 Å². The number of rotatable bonds is 8. The Balaban J connectivity index is 2.40. The van der Waals surface area contributed by atoms with Crippen LogP contribution in [0.15, 0.2) is 29.2 Å². The van der Waals surface area contributed by atoms with Crippen LogP contribution >= 0.6 is 11.8 Å². The Hall–Kier alpha value is -1.00. The van der Waals surface area contributed by atoms with E-state index in [0.717, 1.165) is 24.4 Å². The summed E-state index contributed by atoms with van der Waals surface area (Å²) in [7, 11) is 1.94. The zero-order valence-electron chi connectivity index (χ0n) is 12.9. The van der Waals surface area contributed by atoms with Crippen LogP contribution in [0, 0.1) is 5.92 Å². The molecular formula is C16H26N2OS. The molecule has 0 saturated carbocycles. The van der Waals surface area contributed by atoms with Crippen molar-refractivity contribution in [1.29, 1.82) is 0 Å². The molecule has 0 aromatic heterocycles. The first-order valence-electron chi connectivity index (χ1n) is 7.20. The summed E-state index contributed by atoms with van der Waals surface area (Å²) >= 11 is 1.60. The van der Waals surface area contributed by atoms with Gasteiger partial charge >= 0.3 is 0 Å². The van der Waals surface area contributed by atoms with Crippen molar-refractivity contribution < 1.29 is 4.79 Å². The minimum absolute atomic E-state index is 0.0580. The molecule has 2 N–H and O–H groups in total. The molecule has 20 heavy (non-hydrogen) atoms. The molecular weight excluding hydrogens is 268 g/mol. The Kier molecular flexibility index (Phi) is 7.70. The molecule has 4 heteroatoms. The summed E-state index contributed by atoms with van der Waals surface area (Å²) in [6, 6.07) is 8.36. The van der Waals surface area contributed by atoms with Crippen molar-refractivity contribution in [3.63, 3.8) is 0 Å². The van der Waals surface area contributed by atoms with E-state index in [4.69, 9.17) is 0 Å². The second-order valence-corrected chi connectivity index (χ2v) is 6.82. The summed E-state index contributed by atoms with van der Waals surface area (Å²) in [5, 5.41) is 6.06. The fraction of sp³-hybridized carbons (Fsp3) is 0.562. The van der Waals surface area contributed by atoms with E-state index in [2.05, 4.69) is 48.7 Å². The van der Waals surface area contributed by atoms with Crippen LogP contribution < -0.4 is 10.6 Å². The van der Waals surface area contributed by atoms with Gasteiger partial charge in [0.15, 0.2) is 0 Å². The average Bonchev–Trinajstić information content (AvgIpc) is 2.40. The predicted octanol–water partition coefficient (Wildman–Crippen LogP) is 3.05. The molecule has 0 fully saturated rings. The number of hydrogen-bond donors (Lipinski definition) is 2. The van der Waals surface area contributed by atoms with Gasteiger partial charge in [0.2, 0.25) is 5.91 Å². The van der Waals surface area contributed by atoms with E-state index in [1.807, 2.05) is 14.0 Å². The molecule has 3 nitrogen and oxygen atoms in total. The summed E-state index contributed by atoms with van der Waals surface area (Å²) < 4.78 is 0. The number of amides is 1. The Morgan fingerprint density at radius 2 is 1.85 bits per heavy atom. The molecule has 1 atom stereocenters.